The minimum absolute atomic E-state index is 0.00700. The lowest BCUT2D eigenvalue weighted by molar-refractivity contribution is 0.0815. The van der Waals surface area contributed by atoms with Crippen molar-refractivity contribution >= 4 is 23.1 Å². The molecule has 46 heavy (non-hydrogen) atoms. The molecule has 12 heteroatoms. The van der Waals surface area contributed by atoms with E-state index in [0.29, 0.717) is 23.0 Å². The zero-order valence-corrected chi connectivity index (χ0v) is 25.1. The van der Waals surface area contributed by atoms with Gasteiger partial charge in [-0.3, -0.25) is 19.2 Å². The van der Waals surface area contributed by atoms with Gasteiger partial charge in [-0.1, -0.05) is 0 Å². The lowest BCUT2D eigenvalue weighted by Crippen LogP contribution is -2.16. The SMILES string of the molecule is COc1cc(OC)c(-c2cc(C(=O)C(=O)c3ccc4c(c3)OCO4)c(OC)cc2OC)cc1C(=O)C(=O)c1ccc2c(c1)OCO2. The molecule has 0 aliphatic carbocycles. The number of hydrogen-bond acceptors (Lipinski definition) is 12. The molecule has 0 spiro atoms. The molecule has 2 aliphatic rings. The van der Waals surface area contributed by atoms with E-state index in [9.17, 15) is 19.2 Å². The third-order valence-electron chi connectivity index (χ3n) is 7.50. The van der Waals surface area contributed by atoms with Crippen molar-refractivity contribution in [1.29, 1.82) is 0 Å². The summed E-state index contributed by atoms with van der Waals surface area (Å²) in [6, 6.07) is 14.6. The Hall–Kier alpha value is -6.04. The number of carbonyl (C=O) groups excluding carboxylic acids is 4. The molecule has 0 atom stereocenters. The average Bonchev–Trinajstić information content (AvgIpc) is 3.78. The Balaban J connectivity index is 1.44. The minimum Gasteiger partial charge on any atom is -0.496 e. The third kappa shape index (κ3) is 5.19. The van der Waals surface area contributed by atoms with Crippen molar-refractivity contribution in [2.24, 2.45) is 0 Å². The van der Waals surface area contributed by atoms with E-state index in [1.165, 1.54) is 77.0 Å². The second kappa shape index (κ2) is 12.2. The van der Waals surface area contributed by atoms with E-state index in [1.807, 2.05) is 0 Å². The molecule has 0 saturated carbocycles. The Morgan fingerprint density at radius 2 is 0.826 bits per heavy atom. The van der Waals surface area contributed by atoms with Gasteiger partial charge in [0, 0.05) is 34.4 Å². The molecule has 6 rings (SSSR count). The van der Waals surface area contributed by atoms with Crippen molar-refractivity contribution in [3.63, 3.8) is 0 Å². The van der Waals surface area contributed by atoms with E-state index in [4.69, 9.17) is 37.9 Å². The lowest BCUT2D eigenvalue weighted by atomic mass is 9.92. The van der Waals surface area contributed by atoms with E-state index in [-0.39, 0.29) is 70.0 Å². The van der Waals surface area contributed by atoms with Gasteiger partial charge in [-0.05, 0) is 48.5 Å². The highest BCUT2D eigenvalue weighted by molar-refractivity contribution is 6.50. The Kier molecular flexibility index (Phi) is 7.93. The molecule has 0 radical (unpaired) electrons. The number of ether oxygens (including phenoxy) is 8. The maximum absolute atomic E-state index is 13.7. The van der Waals surface area contributed by atoms with Crippen LogP contribution in [0.25, 0.3) is 11.1 Å². The molecule has 4 aromatic carbocycles. The summed E-state index contributed by atoms with van der Waals surface area (Å²) < 4.78 is 43.5. The van der Waals surface area contributed by atoms with Crippen LogP contribution in [0.5, 0.6) is 46.0 Å². The summed E-state index contributed by atoms with van der Waals surface area (Å²) in [7, 11) is 5.51. The number of fused-ring (bicyclic) bond motifs is 2. The Labute approximate surface area is 262 Å². The quantitative estimate of drug-likeness (QED) is 0.164. The summed E-state index contributed by atoms with van der Waals surface area (Å²) in [5, 5.41) is 0. The van der Waals surface area contributed by atoms with Crippen molar-refractivity contribution in [3.8, 4) is 57.1 Å². The van der Waals surface area contributed by atoms with Crippen LogP contribution in [0.15, 0.2) is 60.7 Å². The first kappa shape index (κ1) is 30.0. The highest BCUT2D eigenvalue weighted by Crippen LogP contribution is 2.44. The van der Waals surface area contributed by atoms with Gasteiger partial charge in [0.15, 0.2) is 23.0 Å². The van der Waals surface area contributed by atoms with E-state index in [2.05, 4.69) is 0 Å². The lowest BCUT2D eigenvalue weighted by Gasteiger charge is -2.18. The third-order valence-corrected chi connectivity index (χ3v) is 7.50. The van der Waals surface area contributed by atoms with Gasteiger partial charge in [-0.25, -0.2) is 0 Å². The molecule has 0 fully saturated rings. The van der Waals surface area contributed by atoms with Crippen LogP contribution in [0.2, 0.25) is 0 Å². The fourth-order valence-corrected chi connectivity index (χ4v) is 5.16. The number of rotatable bonds is 11. The molecule has 0 saturated heterocycles. The fraction of sp³-hybridized carbons (Fsp3) is 0.176. The topological polar surface area (TPSA) is 142 Å². The molecule has 2 heterocycles. The van der Waals surface area contributed by atoms with Crippen molar-refractivity contribution in [2.45, 2.75) is 0 Å². The predicted molar refractivity (Wildman–Crippen MR) is 161 cm³/mol. The number of ketones is 4. The van der Waals surface area contributed by atoms with E-state index >= 15 is 0 Å². The average molecular weight is 627 g/mol. The standard InChI is InChI=1S/C34H26O12/c1-39-25-13-27(41-3)21(33(37)31(35)17-5-7-23-29(9-17)45-15-43-23)11-19(25)20-12-22(28(42-4)14-26(20)40-2)34(38)32(36)18-6-8-24-30(10-18)46-16-44-24/h5-14H,15-16H2,1-4H3. The van der Waals surface area contributed by atoms with Crippen LogP contribution in [0.3, 0.4) is 0 Å². The highest BCUT2D eigenvalue weighted by Gasteiger charge is 2.30. The minimum atomic E-state index is -0.874. The molecule has 4 aromatic rings. The van der Waals surface area contributed by atoms with Crippen LogP contribution in [-0.4, -0.2) is 65.2 Å². The van der Waals surface area contributed by atoms with E-state index in [0.717, 1.165) is 0 Å². The van der Waals surface area contributed by atoms with Gasteiger partial charge in [0.2, 0.25) is 36.7 Å². The van der Waals surface area contributed by atoms with Crippen molar-refractivity contribution < 1.29 is 57.1 Å². The molecule has 0 unspecified atom stereocenters. The Morgan fingerprint density at radius 3 is 1.20 bits per heavy atom. The van der Waals surface area contributed by atoms with Gasteiger partial charge < -0.3 is 37.9 Å². The summed E-state index contributed by atoms with van der Waals surface area (Å²) in [5.74, 6) is -1.18. The van der Waals surface area contributed by atoms with Crippen LogP contribution < -0.4 is 37.9 Å². The molecular formula is C34H26O12. The summed E-state index contributed by atoms with van der Waals surface area (Å²) in [5.41, 5.74) is 0.561. The maximum Gasteiger partial charge on any atom is 0.237 e. The predicted octanol–water partition coefficient (Wildman–Crippen LogP) is 4.98. The van der Waals surface area contributed by atoms with Gasteiger partial charge in [0.25, 0.3) is 0 Å². The van der Waals surface area contributed by atoms with Gasteiger partial charge >= 0.3 is 0 Å². The fourth-order valence-electron chi connectivity index (χ4n) is 5.16. The summed E-state index contributed by atoms with van der Waals surface area (Å²) in [6.45, 7) is 0.0140. The monoisotopic (exact) mass is 626 g/mol. The number of Topliss-reactive ketones (excluding diaryl/α,β-unsaturated/α-hetero) is 4. The van der Waals surface area contributed by atoms with Crippen LogP contribution in [0.1, 0.15) is 41.4 Å². The maximum atomic E-state index is 13.7. The summed E-state index contributed by atoms with van der Waals surface area (Å²) in [6.07, 6.45) is 0. The number of carbonyl (C=O) groups is 4. The largest absolute Gasteiger partial charge is 0.496 e. The van der Waals surface area contributed by atoms with Crippen LogP contribution in [-0.2, 0) is 0 Å². The molecule has 0 bridgehead atoms. The van der Waals surface area contributed by atoms with Gasteiger partial charge in [-0.2, -0.15) is 0 Å². The Bertz CT molecular complexity index is 1790. The number of benzene rings is 4. The van der Waals surface area contributed by atoms with Crippen molar-refractivity contribution in [1.82, 2.24) is 0 Å². The van der Waals surface area contributed by atoms with Crippen molar-refractivity contribution in [2.75, 3.05) is 42.0 Å². The molecule has 234 valence electrons. The van der Waals surface area contributed by atoms with Crippen LogP contribution in [0.4, 0.5) is 0 Å². The normalized spacial score (nSPS) is 12.3. The first-order valence-electron chi connectivity index (χ1n) is 13.8. The zero-order valence-electron chi connectivity index (χ0n) is 25.1. The number of hydrogen-bond donors (Lipinski definition) is 0. The number of methoxy groups -OCH3 is 4. The van der Waals surface area contributed by atoms with E-state index in [1.54, 1.807) is 12.1 Å². The molecule has 0 amide bonds. The van der Waals surface area contributed by atoms with Crippen LogP contribution >= 0.6 is 0 Å². The summed E-state index contributed by atoms with van der Waals surface area (Å²) in [4.78, 5) is 54.1. The first-order chi connectivity index (χ1) is 22.3. The molecule has 2 aliphatic heterocycles. The molecule has 0 aromatic heterocycles. The van der Waals surface area contributed by atoms with Gasteiger partial charge in [0.1, 0.15) is 23.0 Å². The first-order valence-corrected chi connectivity index (χ1v) is 13.8. The van der Waals surface area contributed by atoms with Gasteiger partial charge in [-0.15, -0.1) is 0 Å². The van der Waals surface area contributed by atoms with Gasteiger partial charge in [0.05, 0.1) is 39.6 Å². The smallest absolute Gasteiger partial charge is 0.237 e. The molecule has 12 nitrogen and oxygen atoms in total. The molecular weight excluding hydrogens is 600 g/mol. The second-order valence-electron chi connectivity index (χ2n) is 9.96. The summed E-state index contributed by atoms with van der Waals surface area (Å²) >= 11 is 0. The second-order valence-corrected chi connectivity index (χ2v) is 9.96. The van der Waals surface area contributed by atoms with Crippen LogP contribution in [0, 0.1) is 0 Å². The molecule has 0 N–H and O–H groups in total. The Morgan fingerprint density at radius 1 is 0.457 bits per heavy atom. The van der Waals surface area contributed by atoms with Crippen molar-refractivity contribution in [3.05, 3.63) is 82.9 Å². The highest BCUT2D eigenvalue weighted by atomic mass is 16.7. The zero-order chi connectivity index (χ0) is 32.5. The van der Waals surface area contributed by atoms with E-state index < -0.39 is 23.1 Å².